The molecule has 0 fully saturated rings. The first-order valence-corrected chi connectivity index (χ1v) is 19.2. The van der Waals surface area contributed by atoms with Crippen LogP contribution in [0.5, 0.6) is 11.5 Å². The third-order valence-electron chi connectivity index (χ3n) is 12.6. The van der Waals surface area contributed by atoms with Gasteiger partial charge in [0, 0.05) is 11.1 Å². The van der Waals surface area contributed by atoms with Crippen LogP contribution in [-0.2, 0) is 10.8 Å². The molecule has 1 nitrogen and oxygen atoms in total. The Hall–Kier alpha value is -6.96. The normalized spacial score (nSPS) is 16.4. The monoisotopic (exact) mass is 698 g/mol. The lowest BCUT2D eigenvalue weighted by Crippen LogP contribution is -2.32. The third-order valence-corrected chi connectivity index (χ3v) is 12.6. The molecule has 2 aliphatic carbocycles. The van der Waals surface area contributed by atoms with Gasteiger partial charge in [0.1, 0.15) is 11.5 Å². The Morgan fingerprint density at radius 1 is 0.309 bits per heavy atom. The number of hydrogen-bond acceptors (Lipinski definition) is 1. The molecular weight excluding hydrogens is 665 g/mol. The van der Waals surface area contributed by atoms with Gasteiger partial charge in [-0.3, -0.25) is 0 Å². The average molecular weight is 699 g/mol. The van der Waals surface area contributed by atoms with Crippen molar-refractivity contribution in [3.05, 3.63) is 251 Å². The van der Waals surface area contributed by atoms with Crippen LogP contribution in [0.25, 0.3) is 44.2 Å². The lowest BCUT2D eigenvalue weighted by molar-refractivity contribution is 0.436. The van der Waals surface area contributed by atoms with Crippen molar-refractivity contribution in [2.75, 3.05) is 0 Å². The number of hydrogen-bond donors (Lipinski definition) is 0. The number of para-hydroxylation sites is 1. The van der Waals surface area contributed by atoms with Gasteiger partial charge in [0.05, 0.1) is 10.8 Å². The van der Waals surface area contributed by atoms with E-state index in [9.17, 15) is 0 Å². The fraction of sp³-hybridized carbons (Fsp3) is 0.0370. The number of rotatable bonds is 3. The SMILES string of the molecule is c1ccc(C2(c3cccc4ccccc34)c3ccccc3-c3c(-c4ccc5c(c4)C4(c6ccccc6O5)c5ccccc5-c5ccccc54)cccc32)cc1. The summed E-state index contributed by atoms with van der Waals surface area (Å²) in [5.41, 5.74) is 16.6. The van der Waals surface area contributed by atoms with Crippen molar-refractivity contribution in [2.45, 2.75) is 10.8 Å². The Balaban J connectivity index is 1.17. The lowest BCUT2D eigenvalue weighted by atomic mass is 9.65. The molecule has 0 aromatic heterocycles. The van der Waals surface area contributed by atoms with Gasteiger partial charge in [0.25, 0.3) is 0 Å². The zero-order chi connectivity index (χ0) is 36.1. The maximum atomic E-state index is 6.82. The fourth-order valence-electron chi connectivity index (χ4n) is 10.6. The molecule has 1 spiro atoms. The summed E-state index contributed by atoms with van der Waals surface area (Å²) < 4.78 is 6.82. The van der Waals surface area contributed by atoms with Gasteiger partial charge in [0.15, 0.2) is 0 Å². The summed E-state index contributed by atoms with van der Waals surface area (Å²) in [5, 5.41) is 2.52. The number of fused-ring (bicyclic) bond motifs is 13. The van der Waals surface area contributed by atoms with Gasteiger partial charge < -0.3 is 4.74 Å². The Morgan fingerprint density at radius 2 is 0.836 bits per heavy atom. The Kier molecular flexibility index (Phi) is 6.25. The highest BCUT2D eigenvalue weighted by Gasteiger charge is 2.52. The van der Waals surface area contributed by atoms with Gasteiger partial charge in [-0.15, -0.1) is 0 Å². The molecule has 0 saturated heterocycles. The molecule has 3 aliphatic rings. The van der Waals surface area contributed by atoms with E-state index in [1.54, 1.807) is 0 Å². The van der Waals surface area contributed by atoms with Gasteiger partial charge in [-0.25, -0.2) is 0 Å². The van der Waals surface area contributed by atoms with Crippen molar-refractivity contribution in [3.8, 4) is 44.9 Å². The minimum absolute atomic E-state index is 0.523. The Morgan fingerprint density at radius 3 is 1.62 bits per heavy atom. The van der Waals surface area contributed by atoms with E-state index in [2.05, 4.69) is 206 Å². The molecule has 1 aliphatic heterocycles. The molecule has 1 heterocycles. The zero-order valence-corrected chi connectivity index (χ0v) is 30.0. The van der Waals surface area contributed by atoms with Gasteiger partial charge >= 0.3 is 0 Å². The van der Waals surface area contributed by atoms with Crippen molar-refractivity contribution in [1.82, 2.24) is 0 Å². The highest BCUT2D eigenvalue weighted by atomic mass is 16.5. The van der Waals surface area contributed by atoms with E-state index in [1.165, 1.54) is 88.7 Å². The summed E-state index contributed by atoms with van der Waals surface area (Å²) in [5.74, 6) is 1.81. The maximum absolute atomic E-state index is 6.82. The molecule has 0 amide bonds. The van der Waals surface area contributed by atoms with Gasteiger partial charge in [-0.1, -0.05) is 188 Å². The lowest BCUT2D eigenvalue weighted by Gasteiger charge is -2.39. The standard InChI is InChI=1S/C54H34O/c1-2-18-37(19-3-1)53(43-29-14-17-35-16-4-5-20-38(35)43)46-27-11-8-23-42(46)52-39(24-15-30-48(52)53)36-32-33-51-49(34-36)54(47-28-12-13-31-50(47)55-51)44-25-9-6-21-40(44)41-22-7-10-26-45(41)54/h1-34H. The zero-order valence-electron chi connectivity index (χ0n) is 30.0. The predicted molar refractivity (Wildman–Crippen MR) is 224 cm³/mol. The van der Waals surface area contributed by atoms with E-state index < -0.39 is 10.8 Å². The molecule has 12 rings (SSSR count). The Labute approximate surface area is 320 Å². The summed E-state index contributed by atoms with van der Waals surface area (Å²) in [6.45, 7) is 0. The number of benzene rings is 9. The third kappa shape index (κ3) is 3.87. The van der Waals surface area contributed by atoms with Gasteiger partial charge in [0.2, 0.25) is 0 Å². The van der Waals surface area contributed by atoms with E-state index >= 15 is 0 Å². The van der Waals surface area contributed by atoms with Crippen molar-refractivity contribution in [3.63, 3.8) is 0 Å². The van der Waals surface area contributed by atoms with Crippen LogP contribution in [-0.4, -0.2) is 0 Å². The largest absolute Gasteiger partial charge is 0.457 e. The first kappa shape index (κ1) is 30.5. The predicted octanol–water partition coefficient (Wildman–Crippen LogP) is 13.3. The molecule has 256 valence electrons. The molecule has 0 saturated carbocycles. The van der Waals surface area contributed by atoms with Crippen molar-refractivity contribution in [2.24, 2.45) is 0 Å². The molecule has 0 bridgehead atoms. The summed E-state index contributed by atoms with van der Waals surface area (Å²) in [6, 6.07) is 76.2. The van der Waals surface area contributed by atoms with Crippen LogP contribution in [0.15, 0.2) is 206 Å². The molecule has 1 heteroatoms. The summed E-state index contributed by atoms with van der Waals surface area (Å²) in [4.78, 5) is 0. The molecule has 0 radical (unpaired) electrons. The minimum atomic E-state index is -0.528. The first-order valence-electron chi connectivity index (χ1n) is 19.2. The molecule has 1 atom stereocenters. The topological polar surface area (TPSA) is 9.23 Å². The highest BCUT2D eigenvalue weighted by Crippen LogP contribution is 2.63. The van der Waals surface area contributed by atoms with Crippen LogP contribution < -0.4 is 4.74 Å². The number of ether oxygens (including phenoxy) is 1. The van der Waals surface area contributed by atoms with Gasteiger partial charge in [-0.05, 0) is 95.7 Å². The first-order chi connectivity index (χ1) is 27.3. The van der Waals surface area contributed by atoms with Crippen LogP contribution in [0.4, 0.5) is 0 Å². The smallest absolute Gasteiger partial charge is 0.132 e. The maximum Gasteiger partial charge on any atom is 0.132 e. The van der Waals surface area contributed by atoms with E-state index in [0.29, 0.717) is 0 Å². The average Bonchev–Trinajstić information content (AvgIpc) is 3.73. The molecule has 9 aromatic carbocycles. The molecule has 55 heavy (non-hydrogen) atoms. The van der Waals surface area contributed by atoms with E-state index in [4.69, 9.17) is 4.74 Å². The molecular formula is C54H34O. The molecule has 9 aromatic rings. The summed E-state index contributed by atoms with van der Waals surface area (Å²) in [7, 11) is 0. The van der Waals surface area contributed by atoms with E-state index in [0.717, 1.165) is 11.5 Å². The second-order valence-electron chi connectivity index (χ2n) is 15.1. The van der Waals surface area contributed by atoms with Crippen LogP contribution in [0.1, 0.15) is 44.5 Å². The van der Waals surface area contributed by atoms with Gasteiger partial charge in [-0.2, -0.15) is 0 Å². The van der Waals surface area contributed by atoms with Crippen LogP contribution in [0.3, 0.4) is 0 Å². The highest BCUT2D eigenvalue weighted by molar-refractivity contribution is 5.99. The van der Waals surface area contributed by atoms with Crippen molar-refractivity contribution < 1.29 is 4.74 Å². The quantitative estimate of drug-likeness (QED) is 0.178. The fourth-order valence-corrected chi connectivity index (χ4v) is 10.6. The molecule has 1 unspecified atom stereocenters. The van der Waals surface area contributed by atoms with Crippen LogP contribution in [0.2, 0.25) is 0 Å². The summed E-state index contributed by atoms with van der Waals surface area (Å²) >= 11 is 0. The van der Waals surface area contributed by atoms with E-state index in [-0.39, 0.29) is 0 Å². The van der Waals surface area contributed by atoms with Crippen LogP contribution >= 0.6 is 0 Å². The summed E-state index contributed by atoms with van der Waals surface area (Å²) in [6.07, 6.45) is 0. The second-order valence-corrected chi connectivity index (χ2v) is 15.1. The molecule has 0 N–H and O–H groups in total. The van der Waals surface area contributed by atoms with Crippen molar-refractivity contribution in [1.29, 1.82) is 0 Å². The van der Waals surface area contributed by atoms with E-state index in [1.807, 2.05) is 0 Å². The Bertz CT molecular complexity index is 2980. The van der Waals surface area contributed by atoms with Crippen molar-refractivity contribution >= 4 is 10.8 Å². The van der Waals surface area contributed by atoms with Crippen LogP contribution in [0, 0.1) is 0 Å². The minimum Gasteiger partial charge on any atom is -0.457 e. The second kappa shape index (κ2) is 11.3.